The molecule has 1 amide bonds. The molecule has 0 spiro atoms. The Hall–Kier alpha value is -4.94. The molecule has 0 saturated carbocycles. The van der Waals surface area contributed by atoms with Crippen LogP contribution < -0.4 is 15.2 Å². The molecule has 3 aromatic rings. The molecule has 238 valence electrons. The van der Waals surface area contributed by atoms with Crippen molar-refractivity contribution >= 4 is 41.5 Å². The van der Waals surface area contributed by atoms with E-state index in [4.69, 9.17) is 24.7 Å². The van der Waals surface area contributed by atoms with Crippen LogP contribution in [0.3, 0.4) is 0 Å². The number of hydrogen-bond donors (Lipinski definition) is 1. The van der Waals surface area contributed by atoms with Gasteiger partial charge >= 0.3 is 23.9 Å². The molecule has 2 heterocycles. The number of nitrogens with zero attached hydrogens (tertiary/aromatic N) is 1. The van der Waals surface area contributed by atoms with E-state index in [0.29, 0.717) is 0 Å². The first kappa shape index (κ1) is 32.5. The lowest BCUT2D eigenvalue weighted by Crippen LogP contribution is -2.72. The van der Waals surface area contributed by atoms with Crippen LogP contribution in [0.2, 0.25) is 0 Å². The fraction of sp³-hybridized carbons (Fsp3) is 0.265. The normalized spacial score (nSPS) is 20.4. The zero-order chi connectivity index (χ0) is 32.8. The number of carbonyl (C=O) groups is 5. The van der Waals surface area contributed by atoms with Crippen LogP contribution in [0, 0.1) is 5.41 Å². The van der Waals surface area contributed by atoms with E-state index in [1.165, 1.54) is 49.9 Å². The lowest BCUT2D eigenvalue weighted by molar-refractivity contribution is -0.161. The van der Waals surface area contributed by atoms with Crippen LogP contribution in [0.1, 0.15) is 41.4 Å². The molecule has 11 nitrogen and oxygen atoms in total. The van der Waals surface area contributed by atoms with Crippen molar-refractivity contribution in [2.24, 2.45) is 11.1 Å². The van der Waals surface area contributed by atoms with E-state index in [2.05, 4.69) is 0 Å². The molecule has 2 fully saturated rings. The first-order valence-corrected chi connectivity index (χ1v) is 15.5. The largest absolute Gasteiger partial charge is 0.458 e. The van der Waals surface area contributed by atoms with Crippen LogP contribution in [-0.4, -0.2) is 65.0 Å². The number of ether oxygens (including phenoxy) is 4. The number of nitrogens with two attached hydrogens (primary N) is 1. The Kier molecular flexibility index (Phi) is 9.88. The van der Waals surface area contributed by atoms with Gasteiger partial charge in [0.2, 0.25) is 5.91 Å². The SMILES string of the molecule is CC(=O)Oc1ccc(C(=O)OCC=CC2(C(=O)OC(c3ccccc3)c3ccccc3)CS[C@@H]3C(N)C(=O)N3C2)cc1OC(C)=O. The smallest absolute Gasteiger partial charge is 0.338 e. The summed E-state index contributed by atoms with van der Waals surface area (Å²) in [7, 11) is 0. The van der Waals surface area contributed by atoms with Crippen molar-refractivity contribution in [1.82, 2.24) is 4.90 Å². The zero-order valence-electron chi connectivity index (χ0n) is 25.1. The third-order valence-corrected chi connectivity index (χ3v) is 8.99. The highest BCUT2D eigenvalue weighted by Crippen LogP contribution is 2.44. The highest BCUT2D eigenvalue weighted by atomic mass is 32.2. The standard InChI is InChI=1S/C34H32N2O9S/c1-21(37)43-26-15-14-25(18-27(26)44-22(2)38)32(40)42-17-9-16-34(19-36-30(39)28(35)31(36)46-20-34)33(41)45-29(23-10-5-3-6-11-23)24-12-7-4-8-13-24/h3-16,18,28-29,31H,17,19-20,35H2,1-2H3/t28?,31-,34?/m1/s1. The number of β-lactam (4-membered cyclic amide) rings is 1. The molecule has 2 N–H and O–H groups in total. The van der Waals surface area contributed by atoms with Crippen LogP contribution in [0.15, 0.2) is 91.0 Å². The van der Waals surface area contributed by atoms with Gasteiger partial charge in [0.1, 0.15) is 23.4 Å². The molecule has 2 unspecified atom stereocenters. The van der Waals surface area contributed by atoms with Gasteiger partial charge in [-0.3, -0.25) is 19.2 Å². The summed E-state index contributed by atoms with van der Waals surface area (Å²) < 4.78 is 21.7. The van der Waals surface area contributed by atoms with Gasteiger partial charge in [-0.2, -0.15) is 0 Å². The fourth-order valence-corrected chi connectivity index (χ4v) is 6.64. The van der Waals surface area contributed by atoms with Crippen molar-refractivity contribution in [2.75, 3.05) is 18.9 Å². The topological polar surface area (TPSA) is 152 Å². The van der Waals surface area contributed by atoms with Crippen molar-refractivity contribution in [3.63, 3.8) is 0 Å². The van der Waals surface area contributed by atoms with Crippen molar-refractivity contribution in [3.05, 3.63) is 108 Å². The Morgan fingerprint density at radius 2 is 1.54 bits per heavy atom. The average Bonchev–Trinajstić information content (AvgIpc) is 3.06. The number of esters is 4. The van der Waals surface area contributed by atoms with Gasteiger partial charge in [0.15, 0.2) is 17.6 Å². The number of rotatable bonds is 10. The van der Waals surface area contributed by atoms with Crippen LogP contribution in [-0.2, 0) is 28.7 Å². The molecule has 2 aliphatic heterocycles. The molecule has 3 atom stereocenters. The molecule has 0 aliphatic carbocycles. The molecule has 0 radical (unpaired) electrons. The second-order valence-electron chi connectivity index (χ2n) is 10.8. The predicted molar refractivity (Wildman–Crippen MR) is 168 cm³/mol. The summed E-state index contributed by atoms with van der Waals surface area (Å²) in [5.41, 5.74) is 6.36. The van der Waals surface area contributed by atoms with Crippen LogP contribution in [0.4, 0.5) is 0 Å². The quantitative estimate of drug-likeness (QED) is 0.148. The van der Waals surface area contributed by atoms with E-state index in [0.717, 1.165) is 11.1 Å². The van der Waals surface area contributed by atoms with Gasteiger partial charge in [-0.05, 0) is 35.4 Å². The first-order valence-electron chi connectivity index (χ1n) is 14.4. The zero-order valence-corrected chi connectivity index (χ0v) is 25.9. The molecule has 3 aromatic carbocycles. The summed E-state index contributed by atoms with van der Waals surface area (Å²) in [5, 5.41) is -0.236. The van der Waals surface area contributed by atoms with E-state index in [9.17, 15) is 24.0 Å². The van der Waals surface area contributed by atoms with Gasteiger partial charge in [-0.25, -0.2) is 4.79 Å². The van der Waals surface area contributed by atoms with Gasteiger partial charge in [0.25, 0.3) is 0 Å². The molecular formula is C34H32N2O9S. The van der Waals surface area contributed by atoms with Crippen molar-refractivity contribution in [2.45, 2.75) is 31.4 Å². The summed E-state index contributed by atoms with van der Waals surface area (Å²) in [4.78, 5) is 64.1. The second-order valence-corrected chi connectivity index (χ2v) is 11.9. The Morgan fingerprint density at radius 1 is 0.935 bits per heavy atom. The van der Waals surface area contributed by atoms with E-state index < -0.39 is 41.4 Å². The van der Waals surface area contributed by atoms with Crippen LogP contribution >= 0.6 is 11.8 Å². The summed E-state index contributed by atoms with van der Waals surface area (Å²) in [6.45, 7) is 2.20. The third-order valence-electron chi connectivity index (χ3n) is 7.42. The lowest BCUT2D eigenvalue weighted by Gasteiger charge is -2.52. The number of thioether (sulfide) groups is 1. The molecule has 46 heavy (non-hydrogen) atoms. The van der Waals surface area contributed by atoms with Crippen molar-refractivity contribution < 1.29 is 42.9 Å². The van der Waals surface area contributed by atoms with Gasteiger partial charge in [0, 0.05) is 26.1 Å². The summed E-state index contributed by atoms with van der Waals surface area (Å²) in [6.07, 6.45) is 2.45. The highest BCUT2D eigenvalue weighted by molar-refractivity contribution is 8.00. The minimum Gasteiger partial charge on any atom is -0.458 e. The number of hydrogen-bond acceptors (Lipinski definition) is 11. The summed E-state index contributed by atoms with van der Waals surface area (Å²) in [5.74, 6) is -2.71. The van der Waals surface area contributed by atoms with Crippen LogP contribution in [0.25, 0.3) is 0 Å². The summed E-state index contributed by atoms with van der Waals surface area (Å²) >= 11 is 1.39. The minimum atomic E-state index is -1.25. The molecule has 2 aliphatic rings. The molecule has 12 heteroatoms. The van der Waals surface area contributed by atoms with E-state index in [1.807, 2.05) is 60.7 Å². The third kappa shape index (κ3) is 7.13. The Morgan fingerprint density at radius 3 is 2.15 bits per heavy atom. The predicted octanol–water partition coefficient (Wildman–Crippen LogP) is 3.81. The maximum absolute atomic E-state index is 14.1. The fourth-order valence-electron chi connectivity index (χ4n) is 5.19. The Labute approximate surface area is 269 Å². The van der Waals surface area contributed by atoms with Crippen molar-refractivity contribution in [1.29, 1.82) is 0 Å². The van der Waals surface area contributed by atoms with Gasteiger partial charge in [-0.15, -0.1) is 11.8 Å². The van der Waals surface area contributed by atoms with E-state index in [-0.39, 0.29) is 47.2 Å². The Balaban J connectivity index is 1.35. The highest BCUT2D eigenvalue weighted by Gasteiger charge is 2.55. The first-order chi connectivity index (χ1) is 22.1. The number of benzene rings is 3. The maximum atomic E-state index is 14.1. The van der Waals surface area contributed by atoms with Gasteiger partial charge in [0.05, 0.1) is 5.56 Å². The average molecular weight is 645 g/mol. The lowest BCUT2D eigenvalue weighted by atomic mass is 9.86. The monoisotopic (exact) mass is 644 g/mol. The maximum Gasteiger partial charge on any atom is 0.338 e. The summed E-state index contributed by atoms with van der Waals surface area (Å²) in [6, 6.07) is 22.0. The van der Waals surface area contributed by atoms with Gasteiger partial charge in [-0.1, -0.05) is 66.7 Å². The van der Waals surface area contributed by atoms with Gasteiger partial charge < -0.3 is 29.6 Å². The Bertz CT molecular complexity index is 1620. The second kappa shape index (κ2) is 14.0. The molecular weight excluding hydrogens is 612 g/mol. The number of fused-ring (bicyclic) bond motifs is 1. The number of carbonyl (C=O) groups excluding carboxylic acids is 5. The van der Waals surface area contributed by atoms with E-state index in [1.54, 1.807) is 11.0 Å². The molecule has 0 bridgehead atoms. The number of amides is 1. The molecule has 0 aromatic heterocycles. The van der Waals surface area contributed by atoms with E-state index >= 15 is 0 Å². The van der Waals surface area contributed by atoms with Crippen molar-refractivity contribution in [3.8, 4) is 11.5 Å². The minimum absolute atomic E-state index is 0.0303. The van der Waals surface area contributed by atoms with Crippen LogP contribution in [0.5, 0.6) is 11.5 Å². The molecule has 2 saturated heterocycles. The molecule has 5 rings (SSSR count).